The van der Waals surface area contributed by atoms with Gasteiger partial charge in [0.15, 0.2) is 0 Å². The van der Waals surface area contributed by atoms with E-state index in [9.17, 15) is 0 Å². The summed E-state index contributed by atoms with van der Waals surface area (Å²) in [7, 11) is 0. The number of aromatic nitrogens is 1. The van der Waals surface area contributed by atoms with Crippen LogP contribution in [-0.2, 0) is 0 Å². The molecule has 0 aliphatic heterocycles. The maximum atomic E-state index is 2.60. The van der Waals surface area contributed by atoms with Crippen LogP contribution in [0.2, 0.25) is 0 Å². The van der Waals surface area contributed by atoms with Crippen molar-refractivity contribution in [1.29, 1.82) is 0 Å². The Morgan fingerprint density at radius 2 is 1.31 bits per heavy atom. The average molecular weight is 741 g/mol. The van der Waals surface area contributed by atoms with E-state index in [1.165, 1.54) is 93.8 Å². The molecule has 0 saturated heterocycles. The fourth-order valence-electron chi connectivity index (χ4n) is 10.3. The van der Waals surface area contributed by atoms with E-state index in [1.54, 1.807) is 0 Å². The summed E-state index contributed by atoms with van der Waals surface area (Å²) in [6.45, 7) is 0. The third-order valence-corrected chi connectivity index (χ3v) is 12.8. The minimum atomic E-state index is 0.116. The molecule has 8 aromatic rings. The normalized spacial score (nSPS) is 18.6. The van der Waals surface area contributed by atoms with Gasteiger partial charge in [0.2, 0.25) is 0 Å². The summed E-state index contributed by atoms with van der Waals surface area (Å²) >= 11 is 0. The predicted molar refractivity (Wildman–Crippen MR) is 243 cm³/mol. The first-order valence-corrected chi connectivity index (χ1v) is 20.5. The highest BCUT2D eigenvalue weighted by atomic mass is 15.2. The lowest BCUT2D eigenvalue weighted by molar-refractivity contribution is 0.724. The monoisotopic (exact) mass is 740 g/mol. The molecular weight excluding hydrogens is 701 g/mol. The Morgan fingerprint density at radius 1 is 0.586 bits per heavy atom. The Bertz CT molecular complexity index is 3210. The molecule has 0 bridgehead atoms. The van der Waals surface area contributed by atoms with E-state index < -0.39 is 0 Å². The van der Waals surface area contributed by atoms with Gasteiger partial charge < -0.3 is 9.47 Å². The second kappa shape index (κ2) is 13.2. The van der Waals surface area contributed by atoms with Crippen LogP contribution in [0.1, 0.15) is 29.0 Å². The molecule has 0 fully saturated rings. The number of benzene rings is 7. The van der Waals surface area contributed by atoms with E-state index in [4.69, 9.17) is 0 Å². The summed E-state index contributed by atoms with van der Waals surface area (Å²) in [5, 5.41) is 5.19. The molecule has 3 unspecified atom stereocenters. The van der Waals surface area contributed by atoms with Crippen LogP contribution in [0.15, 0.2) is 212 Å². The molecule has 2 nitrogen and oxygen atoms in total. The minimum absolute atomic E-state index is 0.116. The summed E-state index contributed by atoms with van der Waals surface area (Å²) in [4.78, 5) is 2.60. The number of rotatable bonds is 6. The van der Waals surface area contributed by atoms with E-state index in [2.05, 4.69) is 222 Å². The van der Waals surface area contributed by atoms with Crippen LogP contribution in [0.25, 0.3) is 55.8 Å². The smallest absolute Gasteiger partial charge is 0.0565 e. The SMILES string of the molecule is C1=CC2c3cc(N(c4ccc5c(c4)c4ccccc4n5-c4ccccc4-c4ccccc4)C4C=C(c5ccccc5)C=CC4)ccc3C3=c4ccccc4=CC(=C1)C32. The molecule has 0 radical (unpaired) electrons. The molecule has 58 heavy (non-hydrogen) atoms. The highest BCUT2D eigenvalue weighted by Crippen LogP contribution is 2.53. The quantitative estimate of drug-likeness (QED) is 0.165. The van der Waals surface area contributed by atoms with Crippen molar-refractivity contribution in [3.63, 3.8) is 0 Å². The van der Waals surface area contributed by atoms with E-state index in [1.807, 2.05) is 0 Å². The molecule has 12 rings (SSSR count). The van der Waals surface area contributed by atoms with Crippen molar-refractivity contribution in [2.75, 3.05) is 4.90 Å². The third-order valence-electron chi connectivity index (χ3n) is 12.8. The maximum Gasteiger partial charge on any atom is 0.0565 e. The fourth-order valence-corrected chi connectivity index (χ4v) is 10.3. The summed E-state index contributed by atoms with van der Waals surface area (Å²) in [6, 6.07) is 62.8. The molecule has 0 spiro atoms. The second-order valence-corrected chi connectivity index (χ2v) is 16.0. The molecule has 3 atom stereocenters. The highest BCUT2D eigenvalue weighted by molar-refractivity contribution is 6.11. The van der Waals surface area contributed by atoms with Crippen LogP contribution < -0.4 is 15.3 Å². The fraction of sp³-hybridized carbons (Fsp3) is 0.0714. The first-order chi connectivity index (χ1) is 28.8. The van der Waals surface area contributed by atoms with Crippen molar-refractivity contribution in [3.8, 4) is 16.8 Å². The zero-order valence-corrected chi connectivity index (χ0v) is 32.0. The largest absolute Gasteiger partial charge is 0.334 e. The maximum absolute atomic E-state index is 2.60. The molecule has 1 heterocycles. The van der Waals surface area contributed by atoms with Gasteiger partial charge in [0.05, 0.1) is 22.8 Å². The van der Waals surface area contributed by atoms with Crippen molar-refractivity contribution in [2.45, 2.75) is 18.4 Å². The van der Waals surface area contributed by atoms with Crippen LogP contribution >= 0.6 is 0 Å². The first kappa shape index (κ1) is 33.0. The number of hydrogen-bond acceptors (Lipinski definition) is 1. The summed E-state index contributed by atoms with van der Waals surface area (Å²) < 4.78 is 2.46. The molecule has 4 aliphatic rings. The van der Waals surface area contributed by atoms with Gasteiger partial charge in [-0.15, -0.1) is 0 Å². The zero-order chi connectivity index (χ0) is 38.2. The molecule has 2 heteroatoms. The first-order valence-electron chi connectivity index (χ1n) is 20.5. The van der Waals surface area contributed by atoms with Crippen LogP contribution in [0.5, 0.6) is 0 Å². The molecule has 4 aliphatic carbocycles. The van der Waals surface area contributed by atoms with Crippen LogP contribution in [0.3, 0.4) is 0 Å². The van der Waals surface area contributed by atoms with E-state index in [0.717, 1.165) is 6.42 Å². The molecule has 0 amide bonds. The number of hydrogen-bond donors (Lipinski definition) is 0. The molecule has 0 saturated carbocycles. The van der Waals surface area contributed by atoms with E-state index in [0.29, 0.717) is 11.8 Å². The Hall–Kier alpha value is -7.16. The zero-order valence-electron chi connectivity index (χ0n) is 32.0. The van der Waals surface area contributed by atoms with Crippen molar-refractivity contribution in [3.05, 3.63) is 239 Å². The lowest BCUT2D eigenvalue weighted by Crippen LogP contribution is -2.33. The molecule has 274 valence electrons. The number of anilines is 2. The van der Waals surface area contributed by atoms with Crippen molar-refractivity contribution in [1.82, 2.24) is 4.57 Å². The lowest BCUT2D eigenvalue weighted by atomic mass is 9.77. The number of fused-ring (bicyclic) bond motifs is 7. The van der Waals surface area contributed by atoms with Gasteiger partial charge in [0.1, 0.15) is 0 Å². The molecule has 7 aromatic carbocycles. The third kappa shape index (κ3) is 5.11. The Morgan fingerprint density at radius 3 is 2.21 bits per heavy atom. The number of nitrogens with zero attached hydrogens (tertiary/aromatic N) is 2. The summed E-state index contributed by atoms with van der Waals surface area (Å²) in [5.74, 6) is 0.658. The standard InChI is InChI=1S/C56H40N2/c1-3-15-37(16-4-1)39-20-13-22-42(34-39)57(43-29-31-49-50(35-43)48-26-14-21-41-33-40-19-7-8-24-46(40)56(49)55(41)48)44-30-32-54-51(36-44)47-25-10-12-28-53(47)58(54)52-27-11-9-23-45(52)38-17-5-2-6-18-38/h1-21,23-36,42,48,55H,22H2. The minimum Gasteiger partial charge on any atom is -0.334 e. The van der Waals surface area contributed by atoms with E-state index in [-0.39, 0.29) is 6.04 Å². The van der Waals surface area contributed by atoms with Crippen LogP contribution in [-0.4, -0.2) is 10.6 Å². The van der Waals surface area contributed by atoms with Gasteiger partial charge in [-0.05, 0) is 98.3 Å². The Kier molecular flexibility index (Phi) is 7.53. The number of allylic oxidation sites excluding steroid dienone is 6. The Balaban J connectivity index is 1.06. The highest BCUT2D eigenvalue weighted by Gasteiger charge is 2.40. The number of para-hydroxylation sites is 2. The van der Waals surface area contributed by atoms with Gasteiger partial charge in [-0.25, -0.2) is 0 Å². The van der Waals surface area contributed by atoms with Crippen molar-refractivity contribution in [2.24, 2.45) is 5.92 Å². The summed E-state index contributed by atoms with van der Waals surface area (Å²) in [5.41, 5.74) is 16.6. The summed E-state index contributed by atoms with van der Waals surface area (Å²) in [6.07, 6.45) is 17.5. The average Bonchev–Trinajstić information content (AvgIpc) is 3.81. The van der Waals surface area contributed by atoms with E-state index >= 15 is 0 Å². The van der Waals surface area contributed by atoms with Gasteiger partial charge in [-0.2, -0.15) is 0 Å². The van der Waals surface area contributed by atoms with Crippen molar-refractivity contribution >= 4 is 50.4 Å². The Labute approximate surface area is 338 Å². The second-order valence-electron chi connectivity index (χ2n) is 16.0. The van der Waals surface area contributed by atoms with Crippen LogP contribution in [0, 0.1) is 5.92 Å². The predicted octanol–water partition coefficient (Wildman–Crippen LogP) is 12.2. The topological polar surface area (TPSA) is 8.17 Å². The van der Waals surface area contributed by atoms with Gasteiger partial charge in [0, 0.05) is 39.5 Å². The van der Waals surface area contributed by atoms with Crippen LogP contribution in [0.4, 0.5) is 11.4 Å². The molecule has 1 aromatic heterocycles. The van der Waals surface area contributed by atoms with Gasteiger partial charge in [0.25, 0.3) is 0 Å². The molecule has 0 N–H and O–H groups in total. The van der Waals surface area contributed by atoms with Crippen molar-refractivity contribution < 1.29 is 0 Å². The van der Waals surface area contributed by atoms with Gasteiger partial charge in [-0.1, -0.05) is 170 Å². The lowest BCUT2D eigenvalue weighted by Gasteiger charge is -2.34. The van der Waals surface area contributed by atoms with Gasteiger partial charge >= 0.3 is 0 Å². The molecular formula is C56H40N2. The van der Waals surface area contributed by atoms with Gasteiger partial charge in [-0.3, -0.25) is 0 Å².